The summed E-state index contributed by atoms with van der Waals surface area (Å²) in [5, 5.41) is 0. The lowest BCUT2D eigenvalue weighted by Gasteiger charge is -2.38. The lowest BCUT2D eigenvalue weighted by atomic mass is 9.68. The molecule has 2 fully saturated rings. The summed E-state index contributed by atoms with van der Waals surface area (Å²) < 4.78 is 49.9. The fourth-order valence-corrected chi connectivity index (χ4v) is 7.16. The molecule has 0 heterocycles. The highest BCUT2D eigenvalue weighted by Gasteiger charge is 2.32. The molecular weight excluding hydrogens is 517 g/mol. The van der Waals surface area contributed by atoms with E-state index in [1.165, 1.54) is 57.1 Å². The van der Waals surface area contributed by atoms with E-state index >= 15 is 4.39 Å². The third-order valence-electron chi connectivity index (χ3n) is 9.59. The van der Waals surface area contributed by atoms with E-state index in [-0.39, 0.29) is 23.0 Å². The number of hydrogen-bond donors (Lipinski definition) is 0. The quantitative estimate of drug-likeness (QED) is 0.224. The van der Waals surface area contributed by atoms with Gasteiger partial charge in [0.05, 0.1) is 6.61 Å². The van der Waals surface area contributed by atoms with Crippen molar-refractivity contribution in [1.29, 1.82) is 0 Å². The number of allylic oxidation sites excluding steroid dienone is 1. The SMILES string of the molecule is C=CCCC1CCC(C2CCC(c3ccc(-c4ccc(-c5ccc(OCCC)c(F)c5F)cc4)cc3F)CC2)CC1. The molecule has 0 N–H and O–H groups in total. The minimum absolute atomic E-state index is 0.0733. The van der Waals surface area contributed by atoms with Crippen LogP contribution in [0.2, 0.25) is 0 Å². The van der Waals surface area contributed by atoms with Crippen molar-refractivity contribution in [3.05, 3.63) is 90.3 Å². The number of ether oxygens (including phenoxy) is 1. The monoisotopic (exact) mass is 560 g/mol. The van der Waals surface area contributed by atoms with Crippen LogP contribution < -0.4 is 4.74 Å². The summed E-state index contributed by atoms with van der Waals surface area (Å²) in [6.07, 6.45) is 15.2. The van der Waals surface area contributed by atoms with E-state index in [0.29, 0.717) is 18.6 Å². The van der Waals surface area contributed by atoms with Gasteiger partial charge in [-0.1, -0.05) is 62.2 Å². The molecule has 3 aromatic carbocycles. The Kier molecular flexibility index (Phi) is 9.90. The number of benzene rings is 3. The molecule has 3 aromatic rings. The van der Waals surface area contributed by atoms with Gasteiger partial charge in [0.2, 0.25) is 5.82 Å². The van der Waals surface area contributed by atoms with Gasteiger partial charge in [-0.15, -0.1) is 6.58 Å². The predicted molar refractivity (Wildman–Crippen MR) is 163 cm³/mol. The van der Waals surface area contributed by atoms with Crippen LogP contribution in [-0.4, -0.2) is 6.61 Å². The molecule has 0 radical (unpaired) electrons. The van der Waals surface area contributed by atoms with E-state index in [1.54, 1.807) is 18.2 Å². The minimum atomic E-state index is -0.974. The van der Waals surface area contributed by atoms with Crippen LogP contribution in [0, 0.1) is 35.2 Å². The van der Waals surface area contributed by atoms with Crippen molar-refractivity contribution in [2.75, 3.05) is 6.61 Å². The Morgan fingerprint density at radius 3 is 2.02 bits per heavy atom. The van der Waals surface area contributed by atoms with Crippen molar-refractivity contribution in [1.82, 2.24) is 0 Å². The van der Waals surface area contributed by atoms with Crippen molar-refractivity contribution in [2.45, 2.75) is 83.5 Å². The minimum Gasteiger partial charge on any atom is -0.490 e. The predicted octanol–water partition coefficient (Wildman–Crippen LogP) is 11.3. The summed E-state index contributed by atoms with van der Waals surface area (Å²) in [5.74, 6) is 0.698. The molecule has 5 rings (SSSR count). The first-order valence-electron chi connectivity index (χ1n) is 15.6. The summed E-state index contributed by atoms with van der Waals surface area (Å²) in [6.45, 7) is 6.11. The maximum absolute atomic E-state index is 15.4. The van der Waals surface area contributed by atoms with Crippen molar-refractivity contribution in [3.8, 4) is 28.0 Å². The fraction of sp³-hybridized carbons (Fsp3) is 0.459. The Morgan fingerprint density at radius 1 is 0.756 bits per heavy atom. The van der Waals surface area contributed by atoms with Gasteiger partial charge < -0.3 is 4.74 Å². The molecule has 0 spiro atoms. The van der Waals surface area contributed by atoms with Crippen molar-refractivity contribution < 1.29 is 17.9 Å². The summed E-state index contributed by atoms with van der Waals surface area (Å²) in [4.78, 5) is 0. The van der Waals surface area contributed by atoms with E-state index in [2.05, 4.69) is 6.58 Å². The van der Waals surface area contributed by atoms with Crippen LogP contribution in [0.5, 0.6) is 5.75 Å². The molecule has 4 heteroatoms. The highest BCUT2D eigenvalue weighted by molar-refractivity contribution is 5.71. The van der Waals surface area contributed by atoms with Crippen molar-refractivity contribution in [3.63, 3.8) is 0 Å². The van der Waals surface area contributed by atoms with Crippen LogP contribution in [0.25, 0.3) is 22.3 Å². The van der Waals surface area contributed by atoms with E-state index in [4.69, 9.17) is 4.74 Å². The molecular formula is C37H43F3O. The largest absolute Gasteiger partial charge is 0.490 e. The molecule has 1 nitrogen and oxygen atoms in total. The standard InChI is InChI=1S/C37H43F3O/c1-3-5-6-25-7-9-26(10-8-25)27-11-15-29(16-12-27)32-20-19-31(24-34(32)38)28-13-17-30(18-14-28)33-21-22-35(41-23-4-2)37(40)36(33)39/h3,13-14,17-22,24-27,29H,1,4-12,15-16,23H2,2H3. The van der Waals surface area contributed by atoms with Gasteiger partial charge in [-0.05, 0) is 122 Å². The fourth-order valence-electron chi connectivity index (χ4n) is 7.16. The summed E-state index contributed by atoms with van der Waals surface area (Å²) in [6, 6.07) is 15.7. The van der Waals surface area contributed by atoms with Gasteiger partial charge in [0.15, 0.2) is 11.6 Å². The van der Waals surface area contributed by atoms with Crippen molar-refractivity contribution >= 4 is 0 Å². The van der Waals surface area contributed by atoms with Crippen LogP contribution >= 0.6 is 0 Å². The molecule has 0 bridgehead atoms. The zero-order chi connectivity index (χ0) is 28.8. The molecule has 218 valence electrons. The lowest BCUT2D eigenvalue weighted by Crippen LogP contribution is -2.25. The molecule has 0 amide bonds. The first-order valence-corrected chi connectivity index (χ1v) is 15.6. The second kappa shape index (κ2) is 13.8. The third kappa shape index (κ3) is 6.90. The summed E-state index contributed by atoms with van der Waals surface area (Å²) >= 11 is 0. The zero-order valence-electron chi connectivity index (χ0n) is 24.3. The van der Waals surface area contributed by atoms with Gasteiger partial charge in [-0.25, -0.2) is 8.78 Å². The summed E-state index contributed by atoms with van der Waals surface area (Å²) in [5.41, 5.74) is 3.20. The van der Waals surface area contributed by atoms with Crippen LogP contribution in [0.15, 0.2) is 67.3 Å². The van der Waals surface area contributed by atoms with Gasteiger partial charge in [-0.2, -0.15) is 4.39 Å². The van der Waals surface area contributed by atoms with Gasteiger partial charge in [0.25, 0.3) is 0 Å². The average Bonchev–Trinajstić information content (AvgIpc) is 3.01. The highest BCUT2D eigenvalue weighted by atomic mass is 19.2. The topological polar surface area (TPSA) is 9.23 Å². The Morgan fingerprint density at radius 2 is 1.39 bits per heavy atom. The Balaban J connectivity index is 1.19. The van der Waals surface area contributed by atoms with Crippen LogP contribution in [-0.2, 0) is 0 Å². The molecule has 2 saturated carbocycles. The van der Waals surface area contributed by atoms with Gasteiger partial charge in [0.1, 0.15) is 5.82 Å². The third-order valence-corrected chi connectivity index (χ3v) is 9.59. The maximum Gasteiger partial charge on any atom is 0.201 e. The molecule has 0 unspecified atom stereocenters. The molecule has 0 aliphatic heterocycles. The van der Waals surface area contributed by atoms with E-state index in [9.17, 15) is 8.78 Å². The Labute approximate surface area is 243 Å². The van der Waals surface area contributed by atoms with E-state index in [1.807, 2.05) is 37.3 Å². The second-order valence-corrected chi connectivity index (χ2v) is 12.2. The summed E-state index contributed by atoms with van der Waals surface area (Å²) in [7, 11) is 0. The molecule has 0 aromatic heterocycles. The number of hydrogen-bond acceptors (Lipinski definition) is 1. The zero-order valence-corrected chi connectivity index (χ0v) is 24.3. The first kappa shape index (κ1) is 29.5. The van der Waals surface area contributed by atoms with Gasteiger partial charge >= 0.3 is 0 Å². The average molecular weight is 561 g/mol. The number of halogens is 3. The Hall–Kier alpha value is -3.01. The maximum atomic E-state index is 15.4. The van der Waals surface area contributed by atoms with Crippen molar-refractivity contribution in [2.24, 2.45) is 17.8 Å². The molecule has 0 saturated heterocycles. The van der Waals surface area contributed by atoms with Crippen LogP contribution in [0.4, 0.5) is 13.2 Å². The lowest BCUT2D eigenvalue weighted by molar-refractivity contribution is 0.156. The van der Waals surface area contributed by atoms with Gasteiger partial charge in [0, 0.05) is 5.56 Å². The second-order valence-electron chi connectivity index (χ2n) is 12.2. The van der Waals surface area contributed by atoms with E-state index < -0.39 is 11.6 Å². The number of rotatable bonds is 10. The van der Waals surface area contributed by atoms with Crippen LogP contribution in [0.3, 0.4) is 0 Å². The smallest absolute Gasteiger partial charge is 0.201 e. The normalized spacial score (nSPS) is 22.8. The Bertz CT molecular complexity index is 1300. The molecule has 41 heavy (non-hydrogen) atoms. The first-order chi connectivity index (χ1) is 20.0. The molecule has 2 aliphatic rings. The molecule has 0 atom stereocenters. The van der Waals surface area contributed by atoms with Gasteiger partial charge in [-0.3, -0.25) is 0 Å². The van der Waals surface area contributed by atoms with E-state index in [0.717, 1.165) is 53.7 Å². The highest BCUT2D eigenvalue weighted by Crippen LogP contribution is 2.45. The van der Waals surface area contributed by atoms with Crippen LogP contribution in [0.1, 0.15) is 89.0 Å². The molecule has 2 aliphatic carbocycles.